The number of phenolic OH excluding ortho intramolecular Hbond substituents is 1. The molecule has 0 spiro atoms. The largest absolute Gasteiger partial charge is 0.508 e. The number of aromatic hydroxyl groups is 1. The molecule has 0 saturated carbocycles. The second-order valence-corrected chi connectivity index (χ2v) is 6.53. The first-order valence-corrected chi connectivity index (χ1v) is 7.41. The summed E-state index contributed by atoms with van der Waals surface area (Å²) in [6, 6.07) is 10.2. The molecule has 2 atom stereocenters. The molecule has 2 unspecified atom stereocenters. The topological polar surface area (TPSA) is 32.3 Å². The van der Waals surface area contributed by atoms with Crippen molar-refractivity contribution >= 4 is 11.3 Å². The van der Waals surface area contributed by atoms with E-state index >= 15 is 0 Å². The van der Waals surface area contributed by atoms with Gasteiger partial charge < -0.3 is 10.4 Å². The van der Waals surface area contributed by atoms with Gasteiger partial charge in [0.15, 0.2) is 0 Å². The molecule has 2 rings (SSSR count). The maximum absolute atomic E-state index is 9.53. The van der Waals surface area contributed by atoms with Crippen LogP contribution in [0.4, 0.5) is 0 Å². The van der Waals surface area contributed by atoms with Gasteiger partial charge in [-0.05, 0) is 57.0 Å². The fourth-order valence-electron chi connectivity index (χ4n) is 2.44. The summed E-state index contributed by atoms with van der Waals surface area (Å²) in [5.74, 6) is 0.321. The second-order valence-electron chi connectivity index (χ2n) is 5.07. The maximum Gasteiger partial charge on any atom is 0.115 e. The molecule has 0 aliphatic heterocycles. The van der Waals surface area contributed by atoms with E-state index in [0.717, 1.165) is 5.56 Å². The summed E-state index contributed by atoms with van der Waals surface area (Å²) in [5, 5.41) is 13.1. The van der Waals surface area contributed by atoms with Gasteiger partial charge in [-0.25, -0.2) is 0 Å². The van der Waals surface area contributed by atoms with Crippen LogP contribution in [0.5, 0.6) is 5.75 Å². The molecule has 2 nitrogen and oxygen atoms in total. The van der Waals surface area contributed by atoms with Gasteiger partial charge in [-0.15, -0.1) is 11.3 Å². The van der Waals surface area contributed by atoms with Gasteiger partial charge in [-0.3, -0.25) is 0 Å². The van der Waals surface area contributed by atoms with Crippen molar-refractivity contribution in [1.82, 2.24) is 5.32 Å². The van der Waals surface area contributed by atoms with Crippen LogP contribution in [0, 0.1) is 13.8 Å². The van der Waals surface area contributed by atoms with Gasteiger partial charge in [0, 0.05) is 21.8 Å². The lowest BCUT2D eigenvalue weighted by atomic mass is 10.0. The lowest BCUT2D eigenvalue weighted by Crippen LogP contribution is -2.22. The molecule has 0 fully saturated rings. The number of nitrogens with one attached hydrogen (secondary N) is 1. The van der Waals surface area contributed by atoms with Crippen LogP contribution >= 0.6 is 11.3 Å². The van der Waals surface area contributed by atoms with E-state index in [1.165, 1.54) is 15.3 Å². The normalized spacial score (nSPS) is 14.3. The van der Waals surface area contributed by atoms with Gasteiger partial charge in [-0.2, -0.15) is 0 Å². The molecule has 2 N–H and O–H groups in total. The Hall–Kier alpha value is -1.32. The quantitative estimate of drug-likeness (QED) is 0.862. The molecule has 2 aromatic rings. The Bertz CT molecular complexity index is 562. The van der Waals surface area contributed by atoms with Gasteiger partial charge in [0.05, 0.1) is 0 Å². The van der Waals surface area contributed by atoms with E-state index in [0.29, 0.717) is 11.8 Å². The van der Waals surface area contributed by atoms with E-state index in [1.54, 1.807) is 6.07 Å². The summed E-state index contributed by atoms with van der Waals surface area (Å²) in [7, 11) is 0. The Morgan fingerprint density at radius 1 is 1.11 bits per heavy atom. The van der Waals surface area contributed by atoms with Crippen molar-refractivity contribution < 1.29 is 5.11 Å². The molecule has 0 bridgehead atoms. The first-order valence-electron chi connectivity index (χ1n) is 6.59. The first kappa shape index (κ1) is 14.1. The Kier molecular flexibility index (Phi) is 4.27. The lowest BCUT2D eigenvalue weighted by molar-refractivity contribution is 0.466. The molecule has 0 radical (unpaired) electrons. The highest BCUT2D eigenvalue weighted by Gasteiger charge is 2.14. The summed E-state index contributed by atoms with van der Waals surface area (Å²) in [6.45, 7) is 8.63. The van der Waals surface area contributed by atoms with E-state index in [9.17, 15) is 5.11 Å². The zero-order valence-electron chi connectivity index (χ0n) is 11.9. The van der Waals surface area contributed by atoms with Crippen molar-refractivity contribution in [3.8, 4) is 5.75 Å². The van der Waals surface area contributed by atoms with Crippen LogP contribution in [0.15, 0.2) is 30.3 Å². The molecule has 1 aromatic carbocycles. The summed E-state index contributed by atoms with van der Waals surface area (Å²) in [5.41, 5.74) is 2.48. The van der Waals surface area contributed by atoms with Gasteiger partial charge in [0.25, 0.3) is 0 Å². The van der Waals surface area contributed by atoms with Crippen LogP contribution in [0.3, 0.4) is 0 Å². The van der Waals surface area contributed by atoms with E-state index in [4.69, 9.17) is 0 Å². The Labute approximate surface area is 119 Å². The van der Waals surface area contributed by atoms with Crippen molar-refractivity contribution in [1.29, 1.82) is 0 Å². The number of thiophene rings is 1. The van der Waals surface area contributed by atoms with E-state index in [-0.39, 0.29) is 6.04 Å². The second kappa shape index (κ2) is 5.76. The van der Waals surface area contributed by atoms with Gasteiger partial charge in [0.2, 0.25) is 0 Å². The maximum atomic E-state index is 9.53. The molecule has 19 heavy (non-hydrogen) atoms. The summed E-state index contributed by atoms with van der Waals surface area (Å²) < 4.78 is 0. The molecule has 102 valence electrons. The average molecular weight is 275 g/mol. The highest BCUT2D eigenvalue weighted by Crippen LogP contribution is 2.28. The number of hydrogen-bond donors (Lipinski definition) is 2. The molecule has 0 amide bonds. The molecule has 1 aromatic heterocycles. The number of phenols is 1. The summed E-state index contributed by atoms with van der Waals surface area (Å²) >= 11 is 1.84. The smallest absolute Gasteiger partial charge is 0.115 e. The number of hydrogen-bond acceptors (Lipinski definition) is 3. The van der Waals surface area contributed by atoms with Crippen LogP contribution in [-0.4, -0.2) is 5.11 Å². The SMILES string of the molecule is Cc1cc(C(C)NC(C)c2cccc(O)c2)c(C)s1. The minimum Gasteiger partial charge on any atom is -0.508 e. The van der Waals surface area contributed by atoms with Crippen molar-refractivity contribution in [2.24, 2.45) is 0 Å². The third-order valence-corrected chi connectivity index (χ3v) is 4.40. The van der Waals surface area contributed by atoms with Crippen molar-refractivity contribution in [2.45, 2.75) is 39.8 Å². The van der Waals surface area contributed by atoms with Crippen LogP contribution in [0.2, 0.25) is 0 Å². The van der Waals surface area contributed by atoms with Crippen LogP contribution < -0.4 is 5.32 Å². The fraction of sp³-hybridized carbons (Fsp3) is 0.375. The van der Waals surface area contributed by atoms with Crippen LogP contribution in [-0.2, 0) is 0 Å². The zero-order valence-corrected chi connectivity index (χ0v) is 12.7. The molecule has 0 saturated heterocycles. The molecule has 0 aliphatic rings. The Morgan fingerprint density at radius 2 is 1.84 bits per heavy atom. The Balaban J connectivity index is 2.10. The number of benzene rings is 1. The van der Waals surface area contributed by atoms with Crippen LogP contribution in [0.25, 0.3) is 0 Å². The number of rotatable bonds is 4. The van der Waals surface area contributed by atoms with E-state index in [2.05, 4.69) is 39.1 Å². The van der Waals surface area contributed by atoms with Gasteiger partial charge in [0.1, 0.15) is 5.75 Å². The Morgan fingerprint density at radius 3 is 2.42 bits per heavy atom. The zero-order chi connectivity index (χ0) is 14.0. The number of aryl methyl sites for hydroxylation is 2. The molecule has 0 aliphatic carbocycles. The third-order valence-electron chi connectivity index (χ3n) is 3.42. The van der Waals surface area contributed by atoms with E-state index in [1.807, 2.05) is 29.5 Å². The highest BCUT2D eigenvalue weighted by atomic mass is 32.1. The molecular formula is C16H21NOS. The highest BCUT2D eigenvalue weighted by molar-refractivity contribution is 7.12. The summed E-state index contributed by atoms with van der Waals surface area (Å²) in [6.07, 6.45) is 0. The summed E-state index contributed by atoms with van der Waals surface area (Å²) in [4.78, 5) is 2.73. The predicted molar refractivity (Wildman–Crippen MR) is 81.9 cm³/mol. The average Bonchev–Trinajstić information content (AvgIpc) is 2.68. The van der Waals surface area contributed by atoms with Gasteiger partial charge in [-0.1, -0.05) is 12.1 Å². The van der Waals surface area contributed by atoms with Crippen molar-refractivity contribution in [2.75, 3.05) is 0 Å². The van der Waals surface area contributed by atoms with Crippen LogP contribution in [0.1, 0.15) is 46.8 Å². The van der Waals surface area contributed by atoms with Crippen molar-refractivity contribution in [3.63, 3.8) is 0 Å². The van der Waals surface area contributed by atoms with E-state index < -0.39 is 0 Å². The monoisotopic (exact) mass is 275 g/mol. The standard InChI is InChI=1S/C16H21NOS/c1-10-8-16(13(4)19-10)12(3)17-11(2)14-6-5-7-15(18)9-14/h5-9,11-12,17-18H,1-4H3. The molecule has 1 heterocycles. The molecular weight excluding hydrogens is 254 g/mol. The minimum absolute atomic E-state index is 0.210. The predicted octanol–water partition coefficient (Wildman–Crippen LogP) is 4.48. The molecule has 3 heteroatoms. The van der Waals surface area contributed by atoms with Crippen molar-refractivity contribution in [3.05, 3.63) is 51.2 Å². The lowest BCUT2D eigenvalue weighted by Gasteiger charge is -2.20. The first-order chi connectivity index (χ1) is 8.97. The fourth-order valence-corrected chi connectivity index (χ4v) is 3.46. The van der Waals surface area contributed by atoms with Gasteiger partial charge >= 0.3 is 0 Å². The third kappa shape index (κ3) is 3.37. The minimum atomic E-state index is 0.210.